The van der Waals surface area contributed by atoms with Gasteiger partial charge in [-0.1, -0.05) is 96.4 Å². The van der Waals surface area contributed by atoms with Gasteiger partial charge in [0.25, 0.3) is 0 Å². The first kappa shape index (κ1) is 40.4. The molecule has 0 aliphatic carbocycles. The quantitative estimate of drug-likeness (QED) is 0.335. The van der Waals surface area contributed by atoms with E-state index in [1.807, 2.05) is 27.7 Å². The number of likely N-dealkylation sites (tertiary alicyclic amines) is 1. The smallest absolute Gasteiger partial charge is 0.0171 e. The summed E-state index contributed by atoms with van der Waals surface area (Å²) in [5.74, 6) is 0.847. The molecule has 0 amide bonds. The zero-order valence-corrected chi connectivity index (χ0v) is 27.7. The Bertz CT molecular complexity index is 505. The molecule has 2 saturated heterocycles. The lowest BCUT2D eigenvalue weighted by atomic mass is 9.58. The Morgan fingerprint density at radius 2 is 0.944 bits per heavy atom. The van der Waals surface area contributed by atoms with Crippen molar-refractivity contribution in [2.24, 2.45) is 16.7 Å². The van der Waals surface area contributed by atoms with E-state index in [1.165, 1.54) is 71.4 Å². The third-order valence-electron chi connectivity index (χ3n) is 9.22. The normalized spacial score (nSPS) is 19.0. The predicted octanol–water partition coefficient (Wildman–Crippen LogP) is 9.46. The minimum atomic E-state index is 0. The zero-order valence-electron chi connectivity index (χ0n) is 27.7. The third-order valence-corrected chi connectivity index (χ3v) is 9.22. The van der Waals surface area contributed by atoms with Crippen molar-refractivity contribution in [1.82, 2.24) is 14.7 Å². The second kappa shape index (κ2) is 18.2. The molecule has 2 fully saturated rings. The fourth-order valence-electron chi connectivity index (χ4n) is 5.91. The maximum absolute atomic E-state index is 2.80. The van der Waals surface area contributed by atoms with Gasteiger partial charge in [-0.05, 0) is 83.8 Å². The maximum Gasteiger partial charge on any atom is 0.0171 e. The van der Waals surface area contributed by atoms with Gasteiger partial charge in [-0.3, -0.25) is 9.80 Å². The number of piperidine rings is 1. The molecule has 2 heterocycles. The van der Waals surface area contributed by atoms with Crippen LogP contribution in [0.25, 0.3) is 0 Å². The van der Waals surface area contributed by atoms with Gasteiger partial charge >= 0.3 is 0 Å². The number of likely N-dealkylation sites (N-methyl/N-ethyl adjacent to an activating group) is 1. The van der Waals surface area contributed by atoms with Gasteiger partial charge in [-0.15, -0.1) is 0 Å². The van der Waals surface area contributed by atoms with Gasteiger partial charge in [0, 0.05) is 37.3 Å². The lowest BCUT2D eigenvalue weighted by Gasteiger charge is -2.53. The Morgan fingerprint density at radius 3 is 1.28 bits per heavy atom. The molecular formula is C33H75N3. The Labute approximate surface area is 232 Å². The van der Waals surface area contributed by atoms with E-state index in [2.05, 4.69) is 97.9 Å². The van der Waals surface area contributed by atoms with Gasteiger partial charge in [0.05, 0.1) is 0 Å². The molecule has 3 heteroatoms. The Balaban J connectivity index is -0.00000124. The number of rotatable bonds is 7. The van der Waals surface area contributed by atoms with Crippen LogP contribution < -0.4 is 0 Å². The number of hydrogen-bond acceptors (Lipinski definition) is 3. The molecule has 0 N–H and O–H groups in total. The summed E-state index contributed by atoms with van der Waals surface area (Å²) in [4.78, 5) is 7.99. The topological polar surface area (TPSA) is 9.72 Å². The van der Waals surface area contributed by atoms with Gasteiger partial charge in [-0.25, -0.2) is 0 Å². The highest BCUT2D eigenvalue weighted by atomic mass is 15.3. The second-order valence-electron chi connectivity index (χ2n) is 13.0. The predicted molar refractivity (Wildman–Crippen MR) is 169 cm³/mol. The Morgan fingerprint density at radius 1 is 0.611 bits per heavy atom. The van der Waals surface area contributed by atoms with Crippen molar-refractivity contribution in [2.75, 3.05) is 46.3 Å². The summed E-state index contributed by atoms with van der Waals surface area (Å²) in [6, 6.07) is 0. The average Bonchev–Trinajstić information content (AvgIpc) is 2.82. The van der Waals surface area contributed by atoms with Crippen molar-refractivity contribution in [2.45, 2.75) is 154 Å². The molecular weight excluding hydrogens is 438 g/mol. The highest BCUT2D eigenvalue weighted by molar-refractivity contribution is 4.98. The van der Waals surface area contributed by atoms with Crippen LogP contribution in [0.2, 0.25) is 0 Å². The molecule has 3 nitrogen and oxygen atoms in total. The van der Waals surface area contributed by atoms with Crippen LogP contribution >= 0.6 is 0 Å². The number of hydrogen-bond donors (Lipinski definition) is 0. The molecule has 0 aromatic rings. The van der Waals surface area contributed by atoms with Gasteiger partial charge in [0.1, 0.15) is 0 Å². The molecule has 2 aliphatic rings. The van der Waals surface area contributed by atoms with Crippen molar-refractivity contribution in [1.29, 1.82) is 0 Å². The summed E-state index contributed by atoms with van der Waals surface area (Å²) in [6.07, 6.45) is 6.48. The van der Waals surface area contributed by atoms with Crippen LogP contribution in [-0.4, -0.2) is 72.1 Å². The summed E-state index contributed by atoms with van der Waals surface area (Å²) in [5, 5.41) is 0. The molecule has 0 radical (unpaired) electrons. The molecule has 0 saturated carbocycles. The first-order valence-corrected chi connectivity index (χ1v) is 15.3. The van der Waals surface area contributed by atoms with E-state index in [4.69, 9.17) is 0 Å². The van der Waals surface area contributed by atoms with Gasteiger partial charge < -0.3 is 4.90 Å². The van der Waals surface area contributed by atoms with E-state index in [-0.39, 0.29) is 18.5 Å². The molecule has 2 aliphatic heterocycles. The van der Waals surface area contributed by atoms with Gasteiger partial charge in [-0.2, -0.15) is 0 Å². The minimum absolute atomic E-state index is 0. The largest absolute Gasteiger partial charge is 0.304 e. The fourth-order valence-corrected chi connectivity index (χ4v) is 5.91. The summed E-state index contributed by atoms with van der Waals surface area (Å²) in [6.45, 7) is 41.9. The molecule has 2 rings (SSSR count). The van der Waals surface area contributed by atoms with E-state index in [0.29, 0.717) is 10.8 Å². The van der Waals surface area contributed by atoms with Gasteiger partial charge in [0.15, 0.2) is 0 Å². The lowest BCUT2D eigenvalue weighted by molar-refractivity contribution is -0.0373. The SMILES string of the molecule is C.CC.CC.CCC.CCC(C)(C)C(C)(C)C1CCN(C(C)(C)CC(C)(C)N2CCN(C)CC2)CC1. The van der Waals surface area contributed by atoms with E-state index >= 15 is 0 Å². The number of nitrogens with zero attached hydrogens (tertiary/aromatic N) is 3. The Hall–Kier alpha value is -0.120. The van der Waals surface area contributed by atoms with E-state index < -0.39 is 0 Å². The van der Waals surface area contributed by atoms with Gasteiger partial charge in [0.2, 0.25) is 0 Å². The second-order valence-corrected chi connectivity index (χ2v) is 13.0. The number of piperazine rings is 1. The molecule has 0 atom stereocenters. The molecule has 0 unspecified atom stereocenters. The van der Waals surface area contributed by atoms with Crippen molar-refractivity contribution >= 4 is 0 Å². The highest BCUT2D eigenvalue weighted by Gasteiger charge is 2.45. The average molecular weight is 514 g/mol. The zero-order chi connectivity index (χ0) is 28.1. The van der Waals surface area contributed by atoms with Crippen molar-refractivity contribution in [3.63, 3.8) is 0 Å². The van der Waals surface area contributed by atoms with Crippen LogP contribution in [0.1, 0.15) is 143 Å². The maximum atomic E-state index is 2.80. The molecule has 0 aromatic carbocycles. The summed E-state index contributed by atoms with van der Waals surface area (Å²) in [7, 11) is 2.25. The van der Waals surface area contributed by atoms with Crippen LogP contribution in [0.5, 0.6) is 0 Å². The first-order chi connectivity index (χ1) is 16.1. The third kappa shape index (κ3) is 11.7. The summed E-state index contributed by atoms with van der Waals surface area (Å²) in [5.41, 5.74) is 1.36. The molecule has 222 valence electrons. The van der Waals surface area contributed by atoms with E-state index in [0.717, 1.165) is 5.92 Å². The van der Waals surface area contributed by atoms with Crippen LogP contribution in [0.4, 0.5) is 0 Å². The molecule has 36 heavy (non-hydrogen) atoms. The van der Waals surface area contributed by atoms with Crippen LogP contribution in [0.15, 0.2) is 0 Å². The first-order valence-electron chi connectivity index (χ1n) is 15.3. The van der Waals surface area contributed by atoms with Crippen molar-refractivity contribution in [3.8, 4) is 0 Å². The molecule has 0 spiro atoms. The Kier molecular flexibility index (Phi) is 20.4. The standard InChI is InChI=1S/C25H51N3.C3H8.2C2H6.CH4/c1-11-22(2,3)25(8,9)21-12-14-27(15-13-21)23(4,5)20-24(6,7)28-18-16-26(10)17-19-28;1-3-2;2*1-2;/h21H,11-20H2,1-10H3;3H2,1-2H3;2*1-2H3;1H4. The fraction of sp³-hybridized carbons (Fsp3) is 1.00. The van der Waals surface area contributed by atoms with Crippen molar-refractivity contribution in [3.05, 3.63) is 0 Å². The van der Waals surface area contributed by atoms with E-state index in [1.54, 1.807) is 0 Å². The van der Waals surface area contributed by atoms with Crippen LogP contribution in [-0.2, 0) is 0 Å². The van der Waals surface area contributed by atoms with Crippen molar-refractivity contribution < 1.29 is 0 Å². The summed E-state index contributed by atoms with van der Waals surface area (Å²) < 4.78 is 0. The monoisotopic (exact) mass is 514 g/mol. The van der Waals surface area contributed by atoms with Crippen LogP contribution in [0.3, 0.4) is 0 Å². The van der Waals surface area contributed by atoms with E-state index in [9.17, 15) is 0 Å². The molecule has 0 bridgehead atoms. The lowest BCUT2D eigenvalue weighted by Crippen LogP contribution is -2.59. The minimum Gasteiger partial charge on any atom is -0.304 e. The summed E-state index contributed by atoms with van der Waals surface area (Å²) >= 11 is 0. The van der Waals surface area contributed by atoms with Crippen LogP contribution in [0, 0.1) is 16.7 Å². The highest BCUT2D eigenvalue weighted by Crippen LogP contribution is 2.50. The molecule has 0 aromatic heterocycles.